The number of hydrogen-bond donors (Lipinski definition) is 1. The smallest absolute Gasteiger partial charge is 0.123 e. The number of aromatic nitrogens is 1. The van der Waals surface area contributed by atoms with Gasteiger partial charge >= 0.3 is 0 Å². The molecule has 1 atom stereocenters. The minimum Gasteiger partial charge on any atom is -0.306 e. The molecule has 0 saturated heterocycles. The predicted octanol–water partition coefficient (Wildman–Crippen LogP) is 3.99. The second-order valence-corrected chi connectivity index (χ2v) is 5.24. The molecular formula is C15H16BrFN2. The van der Waals surface area contributed by atoms with Crippen molar-refractivity contribution in [2.24, 2.45) is 0 Å². The molecule has 1 heterocycles. The number of aryl methyl sites for hydroxylation is 1. The van der Waals surface area contributed by atoms with Crippen LogP contribution in [0.4, 0.5) is 4.39 Å². The molecule has 0 spiro atoms. The number of pyridine rings is 1. The van der Waals surface area contributed by atoms with Gasteiger partial charge in [-0.3, -0.25) is 4.98 Å². The monoisotopic (exact) mass is 322 g/mol. The first-order chi connectivity index (χ1) is 9.11. The standard InChI is InChI=1S/C15H16BrFN2/c1-3-18-15(11-5-4-10(2)19-9-11)13-8-12(17)6-7-14(13)16/h4-9,15,18H,3H2,1-2H3. The summed E-state index contributed by atoms with van der Waals surface area (Å²) in [6.45, 7) is 4.77. The van der Waals surface area contributed by atoms with E-state index in [1.165, 1.54) is 6.07 Å². The van der Waals surface area contributed by atoms with Crippen LogP contribution in [0.25, 0.3) is 0 Å². The highest BCUT2D eigenvalue weighted by molar-refractivity contribution is 9.10. The van der Waals surface area contributed by atoms with Gasteiger partial charge in [0.05, 0.1) is 6.04 Å². The number of nitrogens with zero attached hydrogens (tertiary/aromatic N) is 1. The molecule has 4 heteroatoms. The molecule has 0 fully saturated rings. The summed E-state index contributed by atoms with van der Waals surface area (Å²) in [4.78, 5) is 4.31. The summed E-state index contributed by atoms with van der Waals surface area (Å²) in [6.07, 6.45) is 1.83. The van der Waals surface area contributed by atoms with Crippen LogP contribution >= 0.6 is 15.9 Å². The number of halogens is 2. The Balaban J connectivity index is 2.44. The van der Waals surface area contributed by atoms with Crippen LogP contribution in [0.3, 0.4) is 0 Å². The van der Waals surface area contributed by atoms with E-state index >= 15 is 0 Å². The van der Waals surface area contributed by atoms with Gasteiger partial charge in [-0.25, -0.2) is 4.39 Å². The molecule has 0 bridgehead atoms. The topological polar surface area (TPSA) is 24.9 Å². The molecule has 100 valence electrons. The third-order valence-electron chi connectivity index (χ3n) is 2.94. The first kappa shape index (κ1) is 14.2. The summed E-state index contributed by atoms with van der Waals surface area (Å²) in [5, 5.41) is 3.37. The fraction of sp³-hybridized carbons (Fsp3) is 0.267. The Hall–Kier alpha value is -1.26. The van der Waals surface area contributed by atoms with Crippen LogP contribution in [0.15, 0.2) is 41.0 Å². The van der Waals surface area contributed by atoms with Gasteiger partial charge in [0.25, 0.3) is 0 Å². The molecule has 1 aromatic carbocycles. The second kappa shape index (κ2) is 6.26. The van der Waals surface area contributed by atoms with Crippen molar-refractivity contribution in [3.8, 4) is 0 Å². The summed E-state index contributed by atoms with van der Waals surface area (Å²) >= 11 is 3.49. The van der Waals surface area contributed by atoms with E-state index in [0.29, 0.717) is 0 Å². The largest absolute Gasteiger partial charge is 0.306 e. The van der Waals surface area contributed by atoms with Crippen LogP contribution in [0.2, 0.25) is 0 Å². The lowest BCUT2D eigenvalue weighted by atomic mass is 10.00. The van der Waals surface area contributed by atoms with Crippen LogP contribution in [0.5, 0.6) is 0 Å². The highest BCUT2D eigenvalue weighted by atomic mass is 79.9. The van der Waals surface area contributed by atoms with Crippen LogP contribution < -0.4 is 5.32 Å². The Morgan fingerprint density at radius 3 is 2.74 bits per heavy atom. The van der Waals surface area contributed by atoms with E-state index in [4.69, 9.17) is 0 Å². The van der Waals surface area contributed by atoms with Crippen molar-refractivity contribution >= 4 is 15.9 Å². The maximum Gasteiger partial charge on any atom is 0.123 e. The third-order valence-corrected chi connectivity index (χ3v) is 3.67. The molecule has 1 unspecified atom stereocenters. The Bertz CT molecular complexity index is 555. The maximum absolute atomic E-state index is 13.5. The highest BCUT2D eigenvalue weighted by Gasteiger charge is 2.16. The van der Waals surface area contributed by atoms with Gasteiger partial charge in [-0.15, -0.1) is 0 Å². The Morgan fingerprint density at radius 1 is 1.32 bits per heavy atom. The van der Waals surface area contributed by atoms with Crippen LogP contribution in [0.1, 0.15) is 29.8 Å². The quantitative estimate of drug-likeness (QED) is 0.920. The lowest BCUT2D eigenvalue weighted by Gasteiger charge is -2.20. The van der Waals surface area contributed by atoms with E-state index in [2.05, 4.69) is 26.2 Å². The number of rotatable bonds is 4. The van der Waals surface area contributed by atoms with Crippen molar-refractivity contribution in [2.75, 3.05) is 6.54 Å². The van der Waals surface area contributed by atoms with Crippen molar-refractivity contribution in [1.29, 1.82) is 0 Å². The average Bonchev–Trinajstić information content (AvgIpc) is 2.40. The SMILES string of the molecule is CCNC(c1ccc(C)nc1)c1cc(F)ccc1Br. The average molecular weight is 323 g/mol. The first-order valence-electron chi connectivity index (χ1n) is 6.22. The van der Waals surface area contributed by atoms with Gasteiger partial charge < -0.3 is 5.32 Å². The second-order valence-electron chi connectivity index (χ2n) is 4.39. The molecule has 0 aliphatic rings. The summed E-state index contributed by atoms with van der Waals surface area (Å²) in [6, 6.07) is 8.65. The molecule has 0 aliphatic carbocycles. The zero-order chi connectivity index (χ0) is 13.8. The van der Waals surface area contributed by atoms with Crippen LogP contribution in [-0.2, 0) is 0 Å². The van der Waals surface area contributed by atoms with Gasteiger partial charge in [0.1, 0.15) is 5.82 Å². The normalized spacial score (nSPS) is 12.4. The van der Waals surface area contributed by atoms with E-state index in [9.17, 15) is 4.39 Å². The molecular weight excluding hydrogens is 307 g/mol. The van der Waals surface area contributed by atoms with E-state index in [0.717, 1.165) is 27.8 Å². The van der Waals surface area contributed by atoms with E-state index in [-0.39, 0.29) is 11.9 Å². The Kier molecular flexibility index (Phi) is 4.66. The van der Waals surface area contributed by atoms with Gasteiger partial charge in [-0.2, -0.15) is 0 Å². The molecule has 0 saturated carbocycles. The predicted molar refractivity (Wildman–Crippen MR) is 78.6 cm³/mol. The fourth-order valence-electron chi connectivity index (χ4n) is 2.00. The Labute approximate surface area is 121 Å². The van der Waals surface area contributed by atoms with Crippen LogP contribution in [0, 0.1) is 12.7 Å². The summed E-state index contributed by atoms with van der Waals surface area (Å²) in [7, 11) is 0. The van der Waals surface area contributed by atoms with Crippen molar-refractivity contribution in [2.45, 2.75) is 19.9 Å². The molecule has 2 aromatic rings. The molecule has 0 aliphatic heterocycles. The lowest BCUT2D eigenvalue weighted by Crippen LogP contribution is -2.22. The van der Waals surface area contributed by atoms with Gasteiger partial charge in [0.15, 0.2) is 0 Å². The van der Waals surface area contributed by atoms with Gasteiger partial charge in [-0.05, 0) is 48.9 Å². The highest BCUT2D eigenvalue weighted by Crippen LogP contribution is 2.29. The molecule has 2 nitrogen and oxygen atoms in total. The summed E-state index contributed by atoms with van der Waals surface area (Å²) in [5.74, 6) is -0.235. The maximum atomic E-state index is 13.5. The summed E-state index contributed by atoms with van der Waals surface area (Å²) < 4.78 is 14.4. The number of benzene rings is 1. The minimum absolute atomic E-state index is 0.0665. The molecule has 2 rings (SSSR count). The lowest BCUT2D eigenvalue weighted by molar-refractivity contribution is 0.600. The van der Waals surface area contributed by atoms with Crippen molar-refractivity contribution < 1.29 is 4.39 Å². The van der Waals surface area contributed by atoms with E-state index < -0.39 is 0 Å². The summed E-state index contributed by atoms with van der Waals surface area (Å²) in [5.41, 5.74) is 2.88. The molecule has 0 amide bonds. The van der Waals surface area contributed by atoms with Crippen molar-refractivity contribution in [1.82, 2.24) is 10.3 Å². The number of nitrogens with one attached hydrogen (secondary N) is 1. The molecule has 1 aromatic heterocycles. The van der Waals surface area contributed by atoms with Gasteiger partial charge in [0.2, 0.25) is 0 Å². The first-order valence-corrected chi connectivity index (χ1v) is 7.02. The minimum atomic E-state index is -0.235. The van der Waals surface area contributed by atoms with Crippen LogP contribution in [-0.4, -0.2) is 11.5 Å². The Morgan fingerprint density at radius 2 is 2.11 bits per heavy atom. The molecule has 1 N–H and O–H groups in total. The van der Waals surface area contributed by atoms with E-state index in [1.54, 1.807) is 12.1 Å². The molecule has 0 radical (unpaired) electrons. The number of hydrogen-bond acceptors (Lipinski definition) is 2. The fourth-order valence-corrected chi connectivity index (χ4v) is 2.47. The zero-order valence-electron chi connectivity index (χ0n) is 11.0. The van der Waals surface area contributed by atoms with Crippen molar-refractivity contribution in [3.63, 3.8) is 0 Å². The van der Waals surface area contributed by atoms with E-state index in [1.807, 2.05) is 32.2 Å². The van der Waals surface area contributed by atoms with Gasteiger partial charge in [0, 0.05) is 16.4 Å². The van der Waals surface area contributed by atoms with Crippen molar-refractivity contribution in [3.05, 3.63) is 63.6 Å². The third kappa shape index (κ3) is 3.39. The van der Waals surface area contributed by atoms with Gasteiger partial charge in [-0.1, -0.05) is 28.9 Å². The zero-order valence-corrected chi connectivity index (χ0v) is 12.5. The molecule has 19 heavy (non-hydrogen) atoms.